The van der Waals surface area contributed by atoms with Crippen LogP contribution in [0.2, 0.25) is 0 Å². The molecule has 92 valence electrons. The van der Waals surface area contributed by atoms with Crippen molar-refractivity contribution in [2.45, 2.75) is 12.8 Å². The number of ether oxygens (including phenoxy) is 1. The lowest BCUT2D eigenvalue weighted by molar-refractivity contribution is -0.122. The van der Waals surface area contributed by atoms with Crippen LogP contribution in [-0.4, -0.2) is 57.0 Å². The first-order valence-corrected chi connectivity index (χ1v) is 5.69. The molecular weight excluding hydrogens is 208 g/mol. The Labute approximate surface area is 96.1 Å². The first-order chi connectivity index (χ1) is 7.76. The highest BCUT2D eigenvalue weighted by atomic mass is 16.5. The number of amides is 1. The molecule has 1 heterocycles. The molecule has 1 rings (SSSR count). The number of nitrogens with one attached hydrogen (secondary N) is 1. The minimum Gasteiger partial charge on any atom is -0.383 e. The van der Waals surface area contributed by atoms with Crippen LogP contribution >= 0.6 is 0 Å². The molecule has 1 aliphatic rings. The Morgan fingerprint density at radius 2 is 2.19 bits per heavy atom. The number of rotatable bonds is 6. The summed E-state index contributed by atoms with van der Waals surface area (Å²) in [5.41, 5.74) is 0. The number of methoxy groups -OCH3 is 1. The van der Waals surface area contributed by atoms with Gasteiger partial charge in [-0.3, -0.25) is 9.69 Å². The molecule has 1 aliphatic heterocycles. The monoisotopic (exact) mass is 228 g/mol. The number of piperidine rings is 1. The first-order valence-electron chi connectivity index (χ1n) is 5.69. The maximum atomic E-state index is 11.5. The molecule has 0 bridgehead atoms. The fourth-order valence-electron chi connectivity index (χ4n) is 1.80. The summed E-state index contributed by atoms with van der Waals surface area (Å²) < 4.78 is 4.84. The van der Waals surface area contributed by atoms with Crippen molar-refractivity contribution in [2.24, 2.45) is 5.92 Å². The quantitative estimate of drug-likeness (QED) is 0.499. The van der Waals surface area contributed by atoms with Crippen LogP contribution in [-0.2, 0) is 14.3 Å². The Morgan fingerprint density at radius 3 is 2.75 bits per heavy atom. The Balaban J connectivity index is 2.13. The molecule has 0 aromatic heterocycles. The zero-order valence-electron chi connectivity index (χ0n) is 9.78. The van der Waals surface area contributed by atoms with Crippen molar-refractivity contribution < 1.29 is 14.3 Å². The topological polar surface area (TPSA) is 58.6 Å². The van der Waals surface area contributed by atoms with Crippen molar-refractivity contribution in [3.05, 3.63) is 0 Å². The SMILES string of the molecule is COCCNC(=O)CN1CCC(C=O)CC1. The summed E-state index contributed by atoms with van der Waals surface area (Å²) in [6, 6.07) is 0. The van der Waals surface area contributed by atoms with Gasteiger partial charge in [-0.2, -0.15) is 0 Å². The Hall–Kier alpha value is -0.940. The van der Waals surface area contributed by atoms with Gasteiger partial charge in [0.25, 0.3) is 0 Å². The second-order valence-electron chi connectivity index (χ2n) is 4.09. The summed E-state index contributed by atoms with van der Waals surface area (Å²) in [4.78, 5) is 24.1. The number of nitrogens with zero attached hydrogens (tertiary/aromatic N) is 1. The molecule has 0 saturated carbocycles. The molecule has 1 saturated heterocycles. The van der Waals surface area contributed by atoms with Crippen molar-refractivity contribution in [2.75, 3.05) is 39.9 Å². The van der Waals surface area contributed by atoms with E-state index in [1.165, 1.54) is 0 Å². The summed E-state index contributed by atoms with van der Waals surface area (Å²) in [6.45, 7) is 3.19. The van der Waals surface area contributed by atoms with E-state index in [-0.39, 0.29) is 11.8 Å². The smallest absolute Gasteiger partial charge is 0.234 e. The molecule has 0 atom stereocenters. The molecular formula is C11H20N2O3. The summed E-state index contributed by atoms with van der Waals surface area (Å²) in [6.07, 6.45) is 2.76. The van der Waals surface area contributed by atoms with E-state index in [1.54, 1.807) is 7.11 Å². The fraction of sp³-hybridized carbons (Fsp3) is 0.818. The van der Waals surface area contributed by atoms with Crippen LogP contribution in [0.3, 0.4) is 0 Å². The van der Waals surface area contributed by atoms with Gasteiger partial charge >= 0.3 is 0 Å². The Bertz CT molecular complexity index is 225. The van der Waals surface area contributed by atoms with Crippen molar-refractivity contribution in [1.29, 1.82) is 0 Å². The van der Waals surface area contributed by atoms with Crippen molar-refractivity contribution in [3.63, 3.8) is 0 Å². The lowest BCUT2D eigenvalue weighted by Crippen LogP contribution is -2.42. The fourth-order valence-corrected chi connectivity index (χ4v) is 1.80. The van der Waals surface area contributed by atoms with Gasteiger partial charge in [-0.05, 0) is 25.9 Å². The van der Waals surface area contributed by atoms with E-state index < -0.39 is 0 Å². The predicted octanol–water partition coefficient (Wildman–Crippen LogP) is -0.340. The number of likely N-dealkylation sites (tertiary alicyclic amines) is 1. The predicted molar refractivity (Wildman–Crippen MR) is 60.1 cm³/mol. The van der Waals surface area contributed by atoms with E-state index in [0.29, 0.717) is 19.7 Å². The lowest BCUT2D eigenvalue weighted by atomic mass is 9.99. The lowest BCUT2D eigenvalue weighted by Gasteiger charge is -2.28. The molecule has 1 amide bonds. The highest BCUT2D eigenvalue weighted by molar-refractivity contribution is 5.78. The number of carbonyl (C=O) groups excluding carboxylic acids is 2. The Morgan fingerprint density at radius 1 is 1.50 bits per heavy atom. The van der Waals surface area contributed by atoms with Gasteiger partial charge in [0, 0.05) is 19.6 Å². The molecule has 0 unspecified atom stereocenters. The molecule has 0 aromatic rings. The average molecular weight is 228 g/mol. The van der Waals surface area contributed by atoms with Gasteiger partial charge in [0.2, 0.25) is 5.91 Å². The zero-order valence-corrected chi connectivity index (χ0v) is 9.78. The number of hydrogen-bond acceptors (Lipinski definition) is 4. The van der Waals surface area contributed by atoms with Crippen LogP contribution in [0.25, 0.3) is 0 Å². The third kappa shape index (κ3) is 4.72. The zero-order chi connectivity index (χ0) is 11.8. The second kappa shape index (κ2) is 7.35. The van der Waals surface area contributed by atoms with Gasteiger partial charge in [-0.1, -0.05) is 0 Å². The molecule has 0 spiro atoms. The standard InChI is InChI=1S/C11H20N2O3/c1-16-7-4-12-11(15)8-13-5-2-10(9-14)3-6-13/h9-10H,2-8H2,1H3,(H,12,15). The van der Waals surface area contributed by atoms with Crippen LogP contribution in [0.4, 0.5) is 0 Å². The molecule has 1 fully saturated rings. The van der Waals surface area contributed by atoms with E-state index in [2.05, 4.69) is 10.2 Å². The van der Waals surface area contributed by atoms with Gasteiger partial charge in [-0.15, -0.1) is 0 Å². The minimum absolute atomic E-state index is 0.0293. The number of aldehydes is 1. The van der Waals surface area contributed by atoms with E-state index >= 15 is 0 Å². The maximum absolute atomic E-state index is 11.5. The molecule has 5 nitrogen and oxygen atoms in total. The number of carbonyl (C=O) groups is 2. The minimum atomic E-state index is 0.0293. The molecule has 0 radical (unpaired) electrons. The largest absolute Gasteiger partial charge is 0.383 e. The molecule has 1 N–H and O–H groups in total. The van der Waals surface area contributed by atoms with Crippen molar-refractivity contribution >= 4 is 12.2 Å². The third-order valence-electron chi connectivity index (χ3n) is 2.82. The van der Waals surface area contributed by atoms with Crippen LogP contribution in [0, 0.1) is 5.92 Å². The van der Waals surface area contributed by atoms with Crippen LogP contribution < -0.4 is 5.32 Å². The first kappa shape index (κ1) is 13.1. The van der Waals surface area contributed by atoms with Gasteiger partial charge in [0.1, 0.15) is 6.29 Å². The summed E-state index contributed by atoms with van der Waals surface area (Å²) in [7, 11) is 1.61. The molecule has 5 heteroatoms. The van der Waals surface area contributed by atoms with Crippen molar-refractivity contribution in [1.82, 2.24) is 10.2 Å². The van der Waals surface area contributed by atoms with Crippen LogP contribution in [0.1, 0.15) is 12.8 Å². The summed E-state index contributed by atoms with van der Waals surface area (Å²) in [5.74, 6) is 0.217. The van der Waals surface area contributed by atoms with Gasteiger partial charge < -0.3 is 14.8 Å². The third-order valence-corrected chi connectivity index (χ3v) is 2.82. The molecule has 0 aliphatic carbocycles. The summed E-state index contributed by atoms with van der Waals surface area (Å²) in [5, 5.41) is 2.78. The van der Waals surface area contributed by atoms with E-state index in [9.17, 15) is 9.59 Å². The van der Waals surface area contributed by atoms with Crippen LogP contribution in [0.15, 0.2) is 0 Å². The van der Waals surface area contributed by atoms with E-state index in [1.807, 2.05) is 0 Å². The van der Waals surface area contributed by atoms with Gasteiger partial charge in [0.15, 0.2) is 0 Å². The number of hydrogen-bond donors (Lipinski definition) is 1. The van der Waals surface area contributed by atoms with E-state index in [4.69, 9.17) is 4.74 Å². The normalized spacial score (nSPS) is 18.3. The van der Waals surface area contributed by atoms with Gasteiger partial charge in [0.05, 0.1) is 13.2 Å². The molecule has 16 heavy (non-hydrogen) atoms. The molecule has 0 aromatic carbocycles. The maximum Gasteiger partial charge on any atom is 0.234 e. The Kier molecular flexibility index (Phi) is 6.03. The highest BCUT2D eigenvalue weighted by Crippen LogP contribution is 2.13. The van der Waals surface area contributed by atoms with Crippen LogP contribution in [0.5, 0.6) is 0 Å². The highest BCUT2D eigenvalue weighted by Gasteiger charge is 2.19. The second-order valence-corrected chi connectivity index (χ2v) is 4.09. The average Bonchev–Trinajstić information content (AvgIpc) is 2.30. The van der Waals surface area contributed by atoms with Crippen molar-refractivity contribution in [3.8, 4) is 0 Å². The van der Waals surface area contributed by atoms with Gasteiger partial charge in [-0.25, -0.2) is 0 Å². The summed E-state index contributed by atoms with van der Waals surface area (Å²) >= 11 is 0. The van der Waals surface area contributed by atoms with E-state index in [0.717, 1.165) is 32.2 Å².